The Hall–Kier alpha value is -0.640. The summed E-state index contributed by atoms with van der Waals surface area (Å²) in [6.45, 7) is 8.85. The minimum atomic E-state index is -0.225. The molecule has 0 atom stereocenters. The third-order valence-corrected chi connectivity index (χ3v) is 3.54. The molecule has 0 spiro atoms. The second-order valence-electron chi connectivity index (χ2n) is 4.46. The third-order valence-electron chi connectivity index (χ3n) is 3.18. The molecule has 1 aromatic carbocycles. The number of rotatable bonds is 7. The fourth-order valence-corrected chi connectivity index (χ4v) is 2.11. The lowest BCUT2D eigenvalue weighted by atomic mass is 10.2. The van der Waals surface area contributed by atoms with Crippen molar-refractivity contribution in [2.45, 2.75) is 20.4 Å². The number of likely N-dealkylation sites (N-methyl/N-ethyl adjacent to an activating group) is 2. The molecule has 2 nitrogen and oxygen atoms in total. The van der Waals surface area contributed by atoms with Crippen LogP contribution in [0.25, 0.3) is 0 Å². The molecule has 0 aromatic heterocycles. The molecule has 0 amide bonds. The van der Waals surface area contributed by atoms with Crippen LogP contribution < -0.4 is 0 Å². The first-order valence-electron chi connectivity index (χ1n) is 6.42. The fraction of sp³-hybridized carbons (Fsp3) is 0.571. The number of hydrogen-bond donors (Lipinski definition) is 0. The second kappa shape index (κ2) is 7.72. The van der Waals surface area contributed by atoms with Crippen LogP contribution in [0, 0.1) is 5.82 Å². The van der Waals surface area contributed by atoms with Gasteiger partial charge in [0.1, 0.15) is 5.82 Å². The summed E-state index contributed by atoms with van der Waals surface area (Å²) in [5, 5.41) is 0.504. The normalized spacial score (nSPS) is 11.5. The second-order valence-corrected chi connectivity index (χ2v) is 4.87. The van der Waals surface area contributed by atoms with Gasteiger partial charge < -0.3 is 9.80 Å². The standard InChI is InChI=1S/C14H22ClFN2/c1-4-18(5-2)10-9-17(3)11-12-13(15)7-6-8-14(12)16/h6-8H,4-5,9-11H2,1-3H3. The van der Waals surface area contributed by atoms with Crippen molar-refractivity contribution < 1.29 is 4.39 Å². The van der Waals surface area contributed by atoms with Crippen LogP contribution in [-0.2, 0) is 6.54 Å². The molecule has 0 heterocycles. The van der Waals surface area contributed by atoms with E-state index in [1.165, 1.54) is 6.07 Å². The van der Waals surface area contributed by atoms with Crippen molar-refractivity contribution in [2.24, 2.45) is 0 Å². The summed E-state index contributed by atoms with van der Waals surface area (Å²) in [6, 6.07) is 4.83. The zero-order valence-electron chi connectivity index (χ0n) is 11.4. The van der Waals surface area contributed by atoms with Gasteiger partial charge in [-0.15, -0.1) is 0 Å². The fourth-order valence-electron chi connectivity index (χ4n) is 1.88. The van der Waals surface area contributed by atoms with E-state index in [1.807, 2.05) is 7.05 Å². The van der Waals surface area contributed by atoms with Gasteiger partial charge in [-0.1, -0.05) is 31.5 Å². The minimum Gasteiger partial charge on any atom is -0.303 e. The molecule has 0 radical (unpaired) electrons. The highest BCUT2D eigenvalue weighted by Gasteiger charge is 2.10. The van der Waals surface area contributed by atoms with Crippen LogP contribution in [0.1, 0.15) is 19.4 Å². The smallest absolute Gasteiger partial charge is 0.129 e. The van der Waals surface area contributed by atoms with Gasteiger partial charge >= 0.3 is 0 Å². The van der Waals surface area contributed by atoms with E-state index in [0.29, 0.717) is 17.1 Å². The van der Waals surface area contributed by atoms with Crippen molar-refractivity contribution in [3.05, 3.63) is 34.6 Å². The average Bonchev–Trinajstić information content (AvgIpc) is 2.35. The number of hydrogen-bond acceptors (Lipinski definition) is 2. The highest BCUT2D eigenvalue weighted by Crippen LogP contribution is 2.20. The minimum absolute atomic E-state index is 0.225. The molecular weight excluding hydrogens is 251 g/mol. The van der Waals surface area contributed by atoms with Gasteiger partial charge in [0.2, 0.25) is 0 Å². The first-order chi connectivity index (χ1) is 8.58. The lowest BCUT2D eigenvalue weighted by Gasteiger charge is -2.23. The van der Waals surface area contributed by atoms with Gasteiger partial charge in [-0.3, -0.25) is 0 Å². The van der Waals surface area contributed by atoms with Crippen LogP contribution in [-0.4, -0.2) is 43.0 Å². The Balaban J connectivity index is 2.52. The van der Waals surface area contributed by atoms with E-state index < -0.39 is 0 Å². The van der Waals surface area contributed by atoms with Gasteiger partial charge in [0.05, 0.1) is 0 Å². The molecule has 0 saturated heterocycles. The summed E-state index contributed by atoms with van der Waals surface area (Å²) in [7, 11) is 1.99. The van der Waals surface area contributed by atoms with E-state index in [1.54, 1.807) is 12.1 Å². The van der Waals surface area contributed by atoms with E-state index in [0.717, 1.165) is 26.2 Å². The molecule has 4 heteroatoms. The maximum atomic E-state index is 13.6. The highest BCUT2D eigenvalue weighted by molar-refractivity contribution is 6.31. The van der Waals surface area contributed by atoms with Crippen LogP contribution in [0.4, 0.5) is 4.39 Å². The van der Waals surface area contributed by atoms with E-state index in [9.17, 15) is 4.39 Å². The zero-order valence-corrected chi connectivity index (χ0v) is 12.2. The molecule has 18 heavy (non-hydrogen) atoms. The van der Waals surface area contributed by atoms with Crippen LogP contribution >= 0.6 is 11.6 Å². The first-order valence-corrected chi connectivity index (χ1v) is 6.80. The van der Waals surface area contributed by atoms with Crippen molar-refractivity contribution in [1.29, 1.82) is 0 Å². The predicted molar refractivity (Wildman–Crippen MR) is 75.5 cm³/mol. The zero-order chi connectivity index (χ0) is 13.5. The van der Waals surface area contributed by atoms with Crippen LogP contribution in [0.2, 0.25) is 5.02 Å². The summed E-state index contributed by atoms with van der Waals surface area (Å²) >= 11 is 6.01. The van der Waals surface area contributed by atoms with Gasteiger partial charge in [0.15, 0.2) is 0 Å². The maximum absolute atomic E-state index is 13.6. The largest absolute Gasteiger partial charge is 0.303 e. The third kappa shape index (κ3) is 4.56. The summed E-state index contributed by atoms with van der Waals surface area (Å²) < 4.78 is 13.6. The molecule has 0 aliphatic carbocycles. The molecule has 0 bridgehead atoms. The van der Waals surface area contributed by atoms with Crippen LogP contribution in [0.5, 0.6) is 0 Å². The molecular formula is C14H22ClFN2. The van der Waals surface area contributed by atoms with Crippen LogP contribution in [0.3, 0.4) is 0 Å². The molecule has 0 N–H and O–H groups in total. The Morgan fingerprint density at radius 1 is 1.17 bits per heavy atom. The van der Waals surface area contributed by atoms with Crippen molar-refractivity contribution >= 4 is 11.6 Å². The summed E-state index contributed by atoms with van der Waals surface area (Å²) in [5.74, 6) is -0.225. The van der Waals surface area contributed by atoms with Gasteiger partial charge in [0.25, 0.3) is 0 Å². The summed E-state index contributed by atoms with van der Waals surface area (Å²) in [5.41, 5.74) is 0.584. The molecule has 102 valence electrons. The molecule has 0 fully saturated rings. The maximum Gasteiger partial charge on any atom is 0.129 e. The lowest BCUT2D eigenvalue weighted by Crippen LogP contribution is -2.33. The van der Waals surface area contributed by atoms with Crippen molar-refractivity contribution in [2.75, 3.05) is 33.2 Å². The van der Waals surface area contributed by atoms with Crippen molar-refractivity contribution in [3.63, 3.8) is 0 Å². The topological polar surface area (TPSA) is 6.48 Å². The van der Waals surface area contributed by atoms with Crippen molar-refractivity contribution in [1.82, 2.24) is 9.80 Å². The SMILES string of the molecule is CCN(CC)CCN(C)Cc1c(F)cccc1Cl. The van der Waals surface area contributed by atoms with Gasteiger partial charge in [-0.05, 0) is 32.3 Å². The van der Waals surface area contributed by atoms with E-state index in [2.05, 4.69) is 23.6 Å². The number of halogens is 2. The molecule has 0 aliphatic rings. The molecule has 0 aliphatic heterocycles. The van der Waals surface area contributed by atoms with Gasteiger partial charge in [-0.25, -0.2) is 4.39 Å². The quantitative estimate of drug-likeness (QED) is 0.752. The Kier molecular flexibility index (Phi) is 6.61. The Morgan fingerprint density at radius 3 is 2.39 bits per heavy atom. The highest BCUT2D eigenvalue weighted by atomic mass is 35.5. The average molecular weight is 273 g/mol. The van der Waals surface area contributed by atoms with Crippen LogP contribution in [0.15, 0.2) is 18.2 Å². The lowest BCUT2D eigenvalue weighted by molar-refractivity contribution is 0.235. The molecule has 1 aromatic rings. The summed E-state index contributed by atoms with van der Waals surface area (Å²) in [6.07, 6.45) is 0. The summed E-state index contributed by atoms with van der Waals surface area (Å²) in [4.78, 5) is 4.45. The monoisotopic (exact) mass is 272 g/mol. The Morgan fingerprint density at radius 2 is 1.83 bits per heavy atom. The van der Waals surface area contributed by atoms with E-state index in [-0.39, 0.29) is 5.82 Å². The first kappa shape index (κ1) is 15.4. The van der Waals surface area contributed by atoms with E-state index in [4.69, 9.17) is 11.6 Å². The Bertz CT molecular complexity index is 347. The number of nitrogens with zero attached hydrogens (tertiary/aromatic N) is 2. The van der Waals surface area contributed by atoms with Gasteiger partial charge in [0, 0.05) is 30.2 Å². The van der Waals surface area contributed by atoms with Crippen molar-refractivity contribution in [3.8, 4) is 0 Å². The molecule has 0 unspecified atom stereocenters. The molecule has 1 rings (SSSR count). The van der Waals surface area contributed by atoms with Gasteiger partial charge in [-0.2, -0.15) is 0 Å². The number of benzene rings is 1. The molecule has 0 saturated carbocycles. The Labute approximate surface area is 114 Å². The van der Waals surface area contributed by atoms with E-state index >= 15 is 0 Å². The predicted octanol–water partition coefficient (Wildman–Crippen LogP) is 3.25.